The van der Waals surface area contributed by atoms with E-state index in [-0.39, 0.29) is 11.3 Å². The second-order valence-corrected chi connectivity index (χ2v) is 10.5. The molecule has 2 aromatic rings. The minimum Gasteiger partial charge on any atom is -0.389 e. The molecule has 0 bridgehead atoms. The SMILES string of the molecule is CC1CN(CC2(O)CC(c3ccc(Br)cc3)C2)CCC1(C)c1cccc(C(N)=O)c1. The summed E-state index contributed by atoms with van der Waals surface area (Å²) in [6.45, 7) is 7.20. The van der Waals surface area contributed by atoms with Crippen molar-refractivity contribution in [3.05, 3.63) is 69.7 Å². The molecule has 0 radical (unpaired) electrons. The molecule has 2 fully saturated rings. The maximum atomic E-state index is 11.6. The van der Waals surface area contributed by atoms with Gasteiger partial charge >= 0.3 is 0 Å². The fourth-order valence-electron chi connectivity index (χ4n) is 5.29. The molecule has 2 aromatic carbocycles. The van der Waals surface area contributed by atoms with Gasteiger partial charge < -0.3 is 15.7 Å². The molecule has 5 heteroatoms. The number of amides is 1. The summed E-state index contributed by atoms with van der Waals surface area (Å²) in [6.07, 6.45) is 2.66. The summed E-state index contributed by atoms with van der Waals surface area (Å²) in [5, 5.41) is 11.1. The topological polar surface area (TPSA) is 66.6 Å². The van der Waals surface area contributed by atoms with Gasteiger partial charge in [0.25, 0.3) is 0 Å². The highest BCUT2D eigenvalue weighted by atomic mass is 79.9. The molecular formula is C25H31BrN2O2. The third kappa shape index (κ3) is 4.20. The lowest BCUT2D eigenvalue weighted by Gasteiger charge is -2.50. The number of halogens is 1. The summed E-state index contributed by atoms with van der Waals surface area (Å²) >= 11 is 3.49. The number of nitrogens with zero attached hydrogens (tertiary/aromatic N) is 1. The molecule has 2 unspecified atom stereocenters. The Morgan fingerprint density at radius 2 is 1.93 bits per heavy atom. The fourth-order valence-corrected chi connectivity index (χ4v) is 5.55. The number of aliphatic hydroxyl groups is 1. The Kier molecular flexibility index (Phi) is 5.82. The molecule has 2 aliphatic rings. The van der Waals surface area contributed by atoms with Crippen molar-refractivity contribution in [2.75, 3.05) is 19.6 Å². The van der Waals surface area contributed by atoms with Crippen molar-refractivity contribution in [1.29, 1.82) is 0 Å². The van der Waals surface area contributed by atoms with Gasteiger partial charge in [-0.05, 0) is 78.5 Å². The quantitative estimate of drug-likeness (QED) is 0.677. The van der Waals surface area contributed by atoms with Crippen LogP contribution in [0.4, 0.5) is 0 Å². The summed E-state index contributed by atoms with van der Waals surface area (Å²) in [5.74, 6) is 0.491. The van der Waals surface area contributed by atoms with Crippen molar-refractivity contribution in [3.63, 3.8) is 0 Å². The summed E-state index contributed by atoms with van der Waals surface area (Å²) in [6, 6.07) is 16.2. The smallest absolute Gasteiger partial charge is 0.248 e. The highest BCUT2D eigenvalue weighted by Crippen LogP contribution is 2.46. The van der Waals surface area contributed by atoms with Crippen LogP contribution in [0.25, 0.3) is 0 Å². The zero-order valence-electron chi connectivity index (χ0n) is 17.8. The molecule has 1 saturated carbocycles. The molecule has 1 amide bonds. The summed E-state index contributed by atoms with van der Waals surface area (Å²) in [4.78, 5) is 14.0. The van der Waals surface area contributed by atoms with Crippen molar-refractivity contribution in [1.82, 2.24) is 4.90 Å². The van der Waals surface area contributed by atoms with Gasteiger partial charge in [-0.25, -0.2) is 0 Å². The Bertz CT molecular complexity index is 923. The van der Waals surface area contributed by atoms with Crippen molar-refractivity contribution < 1.29 is 9.90 Å². The summed E-state index contributed by atoms with van der Waals surface area (Å²) in [5.41, 5.74) is 7.98. The molecule has 30 heavy (non-hydrogen) atoms. The van der Waals surface area contributed by atoms with Crippen LogP contribution in [-0.4, -0.2) is 41.1 Å². The molecule has 4 rings (SSSR count). The standard InChI is InChI=1S/C25H31BrN2O2/c1-17-15-28(11-10-24(17,2)21-5-3-4-19(12-21)23(27)29)16-25(30)13-20(14-25)18-6-8-22(26)9-7-18/h3-9,12,17,20,30H,10-11,13-16H2,1-2H3,(H2,27,29). The first-order chi connectivity index (χ1) is 14.2. The molecular weight excluding hydrogens is 440 g/mol. The molecule has 0 aromatic heterocycles. The predicted molar refractivity (Wildman–Crippen MR) is 124 cm³/mol. The van der Waals surface area contributed by atoms with Crippen LogP contribution in [0.1, 0.15) is 60.5 Å². The minimum absolute atomic E-state index is 0.00412. The first kappa shape index (κ1) is 21.5. The fraction of sp³-hybridized carbons (Fsp3) is 0.480. The highest BCUT2D eigenvalue weighted by molar-refractivity contribution is 9.10. The lowest BCUT2D eigenvalue weighted by Crippen LogP contribution is -2.56. The van der Waals surface area contributed by atoms with Gasteiger partial charge in [0.1, 0.15) is 0 Å². The molecule has 4 nitrogen and oxygen atoms in total. The average molecular weight is 471 g/mol. The number of nitrogens with two attached hydrogens (primary N) is 1. The monoisotopic (exact) mass is 470 g/mol. The summed E-state index contributed by atoms with van der Waals surface area (Å²) in [7, 11) is 0. The normalized spacial score (nSPS) is 31.9. The van der Waals surface area contributed by atoms with E-state index in [1.807, 2.05) is 12.1 Å². The van der Waals surface area contributed by atoms with Gasteiger partial charge in [-0.2, -0.15) is 0 Å². The molecule has 3 N–H and O–H groups in total. The molecule has 2 atom stereocenters. The molecule has 1 aliphatic heterocycles. The van der Waals surface area contributed by atoms with E-state index < -0.39 is 5.60 Å². The number of hydrogen-bond acceptors (Lipinski definition) is 3. The van der Waals surface area contributed by atoms with Gasteiger partial charge in [0.2, 0.25) is 5.91 Å². The van der Waals surface area contributed by atoms with E-state index in [4.69, 9.17) is 5.73 Å². The van der Waals surface area contributed by atoms with Crippen LogP contribution in [0.5, 0.6) is 0 Å². The number of primary amides is 1. The molecule has 1 saturated heterocycles. The van der Waals surface area contributed by atoms with E-state index in [1.165, 1.54) is 11.1 Å². The average Bonchev–Trinajstić information content (AvgIpc) is 2.70. The number of hydrogen-bond donors (Lipinski definition) is 2. The zero-order valence-corrected chi connectivity index (χ0v) is 19.4. The number of carbonyl (C=O) groups excluding carboxylic acids is 1. The molecule has 1 aliphatic carbocycles. The van der Waals surface area contributed by atoms with Gasteiger partial charge in [0.15, 0.2) is 0 Å². The van der Waals surface area contributed by atoms with Crippen molar-refractivity contribution in [2.24, 2.45) is 11.7 Å². The molecule has 160 valence electrons. The van der Waals surface area contributed by atoms with Crippen LogP contribution in [0.2, 0.25) is 0 Å². The van der Waals surface area contributed by atoms with Crippen LogP contribution in [0.3, 0.4) is 0 Å². The first-order valence-corrected chi connectivity index (χ1v) is 11.6. The minimum atomic E-state index is -0.586. The van der Waals surface area contributed by atoms with E-state index in [0.717, 1.165) is 43.4 Å². The lowest BCUT2D eigenvalue weighted by atomic mass is 9.65. The van der Waals surface area contributed by atoms with Crippen molar-refractivity contribution >= 4 is 21.8 Å². The van der Waals surface area contributed by atoms with E-state index in [2.05, 4.69) is 65.0 Å². The zero-order chi connectivity index (χ0) is 21.5. The van der Waals surface area contributed by atoms with E-state index in [9.17, 15) is 9.90 Å². The third-order valence-electron chi connectivity index (χ3n) is 7.49. The Labute approximate surface area is 187 Å². The number of benzene rings is 2. The van der Waals surface area contributed by atoms with Crippen LogP contribution >= 0.6 is 15.9 Å². The van der Waals surface area contributed by atoms with Gasteiger partial charge in [0.05, 0.1) is 5.60 Å². The Balaban J connectivity index is 1.37. The number of β-amino-alcohol motifs (C(OH)–C–C–N with tert-alkyl or cyclic N) is 1. The van der Waals surface area contributed by atoms with Crippen molar-refractivity contribution in [3.8, 4) is 0 Å². The largest absolute Gasteiger partial charge is 0.389 e. The second-order valence-electron chi connectivity index (χ2n) is 9.63. The predicted octanol–water partition coefficient (Wildman–Crippen LogP) is 4.46. The van der Waals surface area contributed by atoms with E-state index in [0.29, 0.717) is 17.4 Å². The lowest BCUT2D eigenvalue weighted by molar-refractivity contribution is -0.0815. The Morgan fingerprint density at radius 3 is 2.57 bits per heavy atom. The van der Waals surface area contributed by atoms with Gasteiger partial charge in [-0.15, -0.1) is 0 Å². The first-order valence-electron chi connectivity index (χ1n) is 10.8. The number of likely N-dealkylation sites (tertiary alicyclic amines) is 1. The summed E-state index contributed by atoms with van der Waals surface area (Å²) < 4.78 is 1.09. The van der Waals surface area contributed by atoms with Crippen LogP contribution < -0.4 is 5.73 Å². The van der Waals surface area contributed by atoms with Crippen LogP contribution in [-0.2, 0) is 5.41 Å². The highest BCUT2D eigenvalue weighted by Gasteiger charge is 2.46. The maximum Gasteiger partial charge on any atom is 0.248 e. The second kappa shape index (κ2) is 8.10. The third-order valence-corrected chi connectivity index (χ3v) is 8.01. The van der Waals surface area contributed by atoms with E-state index >= 15 is 0 Å². The number of carbonyl (C=O) groups is 1. The van der Waals surface area contributed by atoms with Crippen LogP contribution in [0.15, 0.2) is 53.0 Å². The Hall–Kier alpha value is -1.69. The molecule has 1 heterocycles. The van der Waals surface area contributed by atoms with E-state index in [1.54, 1.807) is 6.07 Å². The molecule has 0 spiro atoms. The van der Waals surface area contributed by atoms with Gasteiger partial charge in [0, 0.05) is 23.1 Å². The number of piperidine rings is 1. The maximum absolute atomic E-state index is 11.6. The number of rotatable bonds is 5. The Morgan fingerprint density at radius 1 is 1.23 bits per heavy atom. The van der Waals surface area contributed by atoms with Gasteiger partial charge in [-0.3, -0.25) is 4.79 Å². The van der Waals surface area contributed by atoms with Gasteiger partial charge in [-0.1, -0.05) is 54.0 Å². The van der Waals surface area contributed by atoms with Crippen molar-refractivity contribution in [2.45, 2.75) is 50.0 Å². The van der Waals surface area contributed by atoms with Crippen LogP contribution in [0, 0.1) is 5.92 Å².